The van der Waals surface area contributed by atoms with Crippen LogP contribution in [-0.2, 0) is 19.1 Å². The van der Waals surface area contributed by atoms with E-state index in [1.54, 1.807) is 12.1 Å². The number of nitrogens with one attached hydrogen (secondary N) is 3. The van der Waals surface area contributed by atoms with Crippen LogP contribution in [0.5, 0.6) is 5.75 Å². The van der Waals surface area contributed by atoms with Crippen molar-refractivity contribution in [1.82, 2.24) is 10.6 Å². The molecule has 0 aliphatic rings. The van der Waals surface area contributed by atoms with Crippen molar-refractivity contribution in [2.45, 2.75) is 19.8 Å². The van der Waals surface area contributed by atoms with E-state index in [2.05, 4.69) is 10.6 Å². The monoisotopic (exact) mass is 495 g/mol. The summed E-state index contributed by atoms with van der Waals surface area (Å²) in [6, 6.07) is 7.77. The van der Waals surface area contributed by atoms with Gasteiger partial charge in [0.25, 0.3) is 11.8 Å². The van der Waals surface area contributed by atoms with Gasteiger partial charge in [0.05, 0.1) is 18.8 Å². The fourth-order valence-electron chi connectivity index (χ4n) is 2.54. The molecular weight excluding hydrogens is 471 g/mol. The zero-order valence-corrected chi connectivity index (χ0v) is 18.8. The van der Waals surface area contributed by atoms with Crippen LogP contribution < -0.4 is 20.7 Å². The number of anilines is 1. The maximum absolute atomic E-state index is 13.5. The Hall–Kier alpha value is -4.09. The van der Waals surface area contributed by atoms with Crippen LogP contribution in [0.4, 0.5) is 18.9 Å². The summed E-state index contributed by atoms with van der Waals surface area (Å²) in [6.07, 6.45) is 1.90. The van der Waals surface area contributed by atoms with Crippen LogP contribution >= 0.6 is 0 Å². The van der Waals surface area contributed by atoms with Gasteiger partial charge in [-0.15, -0.1) is 0 Å². The van der Waals surface area contributed by atoms with Gasteiger partial charge in [-0.2, -0.15) is 0 Å². The summed E-state index contributed by atoms with van der Waals surface area (Å²) in [7, 11) is 0. The summed E-state index contributed by atoms with van der Waals surface area (Å²) in [4.78, 5) is 47.3. The van der Waals surface area contributed by atoms with E-state index in [0.717, 1.165) is 18.9 Å². The molecule has 35 heavy (non-hydrogen) atoms. The maximum Gasteiger partial charge on any atom is 0.325 e. The van der Waals surface area contributed by atoms with Crippen molar-refractivity contribution in [2.24, 2.45) is 0 Å². The molecule has 0 radical (unpaired) electrons. The molecule has 0 saturated heterocycles. The van der Waals surface area contributed by atoms with Crippen molar-refractivity contribution >= 4 is 29.4 Å². The number of carbonyl (C=O) groups excluding carboxylic acids is 4. The highest BCUT2D eigenvalue weighted by Crippen LogP contribution is 2.19. The Balaban J connectivity index is 1.66. The number of benzene rings is 2. The molecule has 0 aliphatic heterocycles. The molecule has 12 heteroatoms. The summed E-state index contributed by atoms with van der Waals surface area (Å²) < 4.78 is 49.8. The van der Waals surface area contributed by atoms with Gasteiger partial charge in [0.15, 0.2) is 24.1 Å². The molecule has 0 bridgehead atoms. The first-order chi connectivity index (χ1) is 16.7. The maximum atomic E-state index is 13.5. The second-order valence-electron chi connectivity index (χ2n) is 7.12. The van der Waals surface area contributed by atoms with Crippen molar-refractivity contribution in [1.29, 1.82) is 0 Å². The second kappa shape index (κ2) is 13.6. The van der Waals surface area contributed by atoms with E-state index in [4.69, 9.17) is 9.47 Å². The van der Waals surface area contributed by atoms with Gasteiger partial charge < -0.3 is 25.4 Å². The van der Waals surface area contributed by atoms with Crippen LogP contribution in [0.3, 0.4) is 0 Å². The topological polar surface area (TPSA) is 123 Å². The van der Waals surface area contributed by atoms with Crippen LogP contribution in [0.1, 0.15) is 30.1 Å². The second-order valence-corrected chi connectivity index (χ2v) is 7.12. The summed E-state index contributed by atoms with van der Waals surface area (Å²) in [5.74, 6) is -7.36. The predicted octanol–water partition coefficient (Wildman–Crippen LogP) is 2.31. The van der Waals surface area contributed by atoms with E-state index in [1.165, 1.54) is 12.1 Å². The number of rotatable bonds is 12. The Morgan fingerprint density at radius 2 is 1.57 bits per heavy atom. The van der Waals surface area contributed by atoms with Crippen molar-refractivity contribution in [3.05, 3.63) is 59.4 Å². The van der Waals surface area contributed by atoms with E-state index in [9.17, 15) is 32.3 Å². The average molecular weight is 495 g/mol. The zero-order chi connectivity index (χ0) is 25.8. The number of halogens is 3. The summed E-state index contributed by atoms with van der Waals surface area (Å²) in [5, 5.41) is 6.41. The highest BCUT2D eigenvalue weighted by molar-refractivity contribution is 5.96. The number of hydrogen-bond acceptors (Lipinski definition) is 6. The number of hydrogen-bond donors (Lipinski definition) is 3. The first kappa shape index (κ1) is 27.2. The van der Waals surface area contributed by atoms with Crippen LogP contribution in [0.2, 0.25) is 0 Å². The van der Waals surface area contributed by atoms with Gasteiger partial charge in [-0.05, 0) is 42.8 Å². The summed E-state index contributed by atoms with van der Waals surface area (Å²) in [6.45, 7) is 0.711. The van der Waals surface area contributed by atoms with Crippen LogP contribution in [-0.4, -0.2) is 50.0 Å². The molecule has 3 N–H and O–H groups in total. The zero-order valence-electron chi connectivity index (χ0n) is 18.8. The molecule has 0 saturated carbocycles. The normalized spacial score (nSPS) is 10.3. The van der Waals surface area contributed by atoms with E-state index >= 15 is 0 Å². The lowest BCUT2D eigenvalue weighted by Crippen LogP contribution is -2.37. The van der Waals surface area contributed by atoms with Gasteiger partial charge in [-0.3, -0.25) is 19.2 Å². The van der Waals surface area contributed by atoms with Crippen molar-refractivity contribution in [2.75, 3.05) is 31.6 Å². The fraction of sp³-hybridized carbons (Fsp3) is 0.304. The molecule has 2 aromatic rings. The molecule has 0 aliphatic carbocycles. The van der Waals surface area contributed by atoms with Gasteiger partial charge in [0, 0.05) is 5.56 Å². The van der Waals surface area contributed by atoms with Gasteiger partial charge in [-0.25, -0.2) is 13.2 Å². The third kappa shape index (κ3) is 8.99. The lowest BCUT2D eigenvalue weighted by molar-refractivity contribution is -0.147. The molecule has 2 aromatic carbocycles. The quantitative estimate of drug-likeness (QED) is 0.236. The van der Waals surface area contributed by atoms with Crippen LogP contribution in [0.15, 0.2) is 36.4 Å². The molecule has 0 fully saturated rings. The minimum absolute atomic E-state index is 0.293. The predicted molar refractivity (Wildman–Crippen MR) is 118 cm³/mol. The lowest BCUT2D eigenvalue weighted by Gasteiger charge is -2.09. The highest BCUT2D eigenvalue weighted by Gasteiger charge is 2.16. The number of ether oxygens (including phenoxy) is 2. The Morgan fingerprint density at radius 1 is 0.857 bits per heavy atom. The molecule has 188 valence electrons. The summed E-state index contributed by atoms with van der Waals surface area (Å²) >= 11 is 0. The molecule has 2 rings (SSSR count). The van der Waals surface area contributed by atoms with Crippen molar-refractivity contribution < 1.29 is 41.8 Å². The summed E-state index contributed by atoms with van der Waals surface area (Å²) in [5.41, 5.74) is -0.314. The van der Waals surface area contributed by atoms with Crippen molar-refractivity contribution in [3.63, 3.8) is 0 Å². The van der Waals surface area contributed by atoms with Gasteiger partial charge in [0.2, 0.25) is 5.91 Å². The average Bonchev–Trinajstić information content (AvgIpc) is 2.85. The molecule has 3 amide bonds. The molecule has 0 unspecified atom stereocenters. The molecule has 0 heterocycles. The van der Waals surface area contributed by atoms with Gasteiger partial charge in [0.1, 0.15) is 12.3 Å². The molecule has 9 nitrogen and oxygen atoms in total. The Labute approximate surface area is 199 Å². The lowest BCUT2D eigenvalue weighted by atomic mass is 10.2. The molecule has 0 atom stereocenters. The number of unbranched alkanes of at least 4 members (excludes halogenated alkanes) is 1. The first-order valence-electron chi connectivity index (χ1n) is 10.6. The Bertz CT molecular complexity index is 1060. The third-order valence-electron chi connectivity index (χ3n) is 4.40. The molecule has 0 aromatic heterocycles. The van der Waals surface area contributed by atoms with Crippen LogP contribution in [0.25, 0.3) is 0 Å². The van der Waals surface area contributed by atoms with Crippen LogP contribution in [0, 0.1) is 17.5 Å². The highest BCUT2D eigenvalue weighted by atomic mass is 19.2. The number of amides is 3. The standard InChI is InChI=1S/C23H24F3N3O6/c1-2-3-10-34-15-6-4-14(5-7-15)23(33)28-12-20(32)35-13-19(31)27-11-18(30)29-17-9-8-16(24)21(25)22(17)26/h4-9H,2-3,10-13H2,1H3,(H,27,31)(H,28,33)(H,29,30). The molecule has 0 spiro atoms. The van der Waals surface area contributed by atoms with E-state index < -0.39 is 66.5 Å². The third-order valence-corrected chi connectivity index (χ3v) is 4.40. The first-order valence-corrected chi connectivity index (χ1v) is 10.6. The Kier molecular flexibility index (Phi) is 10.5. The van der Waals surface area contributed by atoms with E-state index in [1.807, 2.05) is 12.2 Å². The van der Waals surface area contributed by atoms with E-state index in [-0.39, 0.29) is 0 Å². The molecular formula is C23H24F3N3O6. The van der Waals surface area contributed by atoms with Gasteiger partial charge in [-0.1, -0.05) is 13.3 Å². The van der Waals surface area contributed by atoms with Gasteiger partial charge >= 0.3 is 5.97 Å². The SMILES string of the molecule is CCCCOc1ccc(C(=O)NCC(=O)OCC(=O)NCC(=O)Nc2ccc(F)c(F)c2F)cc1. The minimum atomic E-state index is -1.75. The minimum Gasteiger partial charge on any atom is -0.494 e. The number of esters is 1. The fourth-order valence-corrected chi connectivity index (χ4v) is 2.54. The smallest absolute Gasteiger partial charge is 0.325 e. The van der Waals surface area contributed by atoms with Crippen molar-refractivity contribution in [3.8, 4) is 5.75 Å². The Morgan fingerprint density at radius 3 is 2.26 bits per heavy atom. The van der Waals surface area contributed by atoms with E-state index in [0.29, 0.717) is 24.0 Å². The number of carbonyl (C=O) groups is 4. The largest absolute Gasteiger partial charge is 0.494 e.